The molecule has 2 aromatic rings. The number of sulfonamides is 1. The Balaban J connectivity index is 1.16. The number of carbonyl (C=O) groups excluding carboxylic acids is 4. The summed E-state index contributed by atoms with van der Waals surface area (Å²) >= 11 is 0. The number of hydrogen-bond acceptors (Lipinski definition) is 10. The average Bonchev–Trinajstić information content (AvgIpc) is 3.96. The van der Waals surface area contributed by atoms with Crippen LogP contribution in [0.2, 0.25) is 0 Å². The zero-order valence-electron chi connectivity index (χ0n) is 33.7. The largest absolute Gasteiger partial charge is 0.573 e. The maximum atomic E-state index is 16.8. The lowest BCUT2D eigenvalue weighted by atomic mass is 9.84. The fourth-order valence-corrected chi connectivity index (χ4v) is 10.6. The lowest BCUT2D eigenvalue weighted by Gasteiger charge is -2.40. The number of fused-ring (bicyclic) bond motifs is 5. The summed E-state index contributed by atoms with van der Waals surface area (Å²) in [5, 5.41) is 5.02. The molecule has 14 nitrogen and oxygen atoms in total. The van der Waals surface area contributed by atoms with Crippen molar-refractivity contribution in [3.63, 3.8) is 0 Å². The number of halogens is 5. The van der Waals surface area contributed by atoms with E-state index in [1.54, 1.807) is 6.08 Å². The molecule has 0 radical (unpaired) electrons. The van der Waals surface area contributed by atoms with Gasteiger partial charge in [-0.25, -0.2) is 27.0 Å². The third-order valence-corrected chi connectivity index (χ3v) is 15.2. The van der Waals surface area contributed by atoms with E-state index < -0.39 is 116 Å². The summed E-state index contributed by atoms with van der Waals surface area (Å²) in [6, 6.07) is 0.0406. The van der Waals surface area contributed by atoms with Crippen LogP contribution in [0.25, 0.3) is 10.9 Å². The Labute approximate surface area is 348 Å². The van der Waals surface area contributed by atoms with Gasteiger partial charge < -0.3 is 29.7 Å². The number of amides is 4. The molecule has 61 heavy (non-hydrogen) atoms. The van der Waals surface area contributed by atoms with E-state index in [1.807, 2.05) is 6.08 Å². The number of aromatic nitrogens is 1. The molecule has 3 aliphatic carbocycles. The van der Waals surface area contributed by atoms with Gasteiger partial charge in [-0.15, -0.1) is 13.2 Å². The quantitative estimate of drug-likeness (QED) is 0.227. The molecule has 6 aliphatic rings. The molecule has 3 aliphatic heterocycles. The Hall–Kier alpha value is -4.75. The Bertz CT molecular complexity index is 2280. The number of allylic oxidation sites excluding steroid dienone is 1. The first-order valence-corrected chi connectivity index (χ1v) is 22.2. The highest BCUT2D eigenvalue weighted by Crippen LogP contribution is 2.55. The van der Waals surface area contributed by atoms with Crippen LogP contribution in [0.1, 0.15) is 108 Å². The molecule has 4 fully saturated rings. The highest BCUT2D eigenvalue weighted by molar-refractivity contribution is 7.91. The van der Waals surface area contributed by atoms with Crippen LogP contribution in [0.3, 0.4) is 0 Å². The molecule has 1 aromatic heterocycles. The molecule has 332 valence electrons. The number of nitrogens with one attached hydrogen (secondary N) is 3. The van der Waals surface area contributed by atoms with Gasteiger partial charge in [0, 0.05) is 17.7 Å². The van der Waals surface area contributed by atoms with Gasteiger partial charge in [-0.05, 0) is 96.3 Å². The summed E-state index contributed by atoms with van der Waals surface area (Å²) in [5.41, 5.74) is -4.56. The first-order chi connectivity index (χ1) is 28.6. The molecule has 0 unspecified atom stereocenters. The fraction of sp³-hybridized carbons (Fsp3) is 0.634. The Morgan fingerprint density at radius 3 is 2.46 bits per heavy atom. The molecule has 4 heterocycles. The van der Waals surface area contributed by atoms with Crippen molar-refractivity contribution < 1.29 is 63.8 Å². The van der Waals surface area contributed by atoms with Gasteiger partial charge in [-0.2, -0.15) is 0 Å². The molecule has 1 aromatic carbocycles. The van der Waals surface area contributed by atoms with Crippen LogP contribution >= 0.6 is 0 Å². The molecule has 3 N–H and O–H groups in total. The highest BCUT2D eigenvalue weighted by atomic mass is 32.2. The molecule has 4 amide bonds. The third kappa shape index (κ3) is 8.44. The number of ether oxygens (including phenoxy) is 3. The molecule has 5 atom stereocenters. The number of hydrogen-bond donors (Lipinski definition) is 3. The Morgan fingerprint density at radius 2 is 1.75 bits per heavy atom. The van der Waals surface area contributed by atoms with E-state index in [-0.39, 0.29) is 35.5 Å². The minimum atomic E-state index is -5.11. The molecular weight excluding hydrogens is 834 g/mol. The van der Waals surface area contributed by atoms with Crippen LogP contribution in [0.5, 0.6) is 11.5 Å². The van der Waals surface area contributed by atoms with Crippen molar-refractivity contribution in [2.75, 3.05) is 6.54 Å². The van der Waals surface area contributed by atoms with E-state index in [0.29, 0.717) is 51.4 Å². The summed E-state index contributed by atoms with van der Waals surface area (Å²) in [6.45, 7) is 2.29. The Kier molecular flexibility index (Phi) is 10.7. The van der Waals surface area contributed by atoms with Gasteiger partial charge in [-0.3, -0.25) is 19.1 Å². The zero-order valence-corrected chi connectivity index (χ0v) is 34.5. The highest BCUT2D eigenvalue weighted by Gasteiger charge is 2.65. The van der Waals surface area contributed by atoms with Crippen LogP contribution in [-0.2, 0) is 35.1 Å². The van der Waals surface area contributed by atoms with E-state index in [1.165, 1.54) is 13.8 Å². The van der Waals surface area contributed by atoms with Crippen molar-refractivity contribution in [3.8, 4) is 11.5 Å². The fourth-order valence-electron chi connectivity index (χ4n) is 9.30. The number of alkyl halides is 5. The van der Waals surface area contributed by atoms with Gasteiger partial charge in [0.2, 0.25) is 21.8 Å². The maximum absolute atomic E-state index is 16.8. The van der Waals surface area contributed by atoms with Crippen LogP contribution in [0.15, 0.2) is 30.4 Å². The van der Waals surface area contributed by atoms with Crippen molar-refractivity contribution in [1.29, 1.82) is 0 Å². The molecular formula is C41H48F5N5O9S. The van der Waals surface area contributed by atoms with Crippen molar-refractivity contribution >= 4 is 44.7 Å². The van der Waals surface area contributed by atoms with Crippen LogP contribution in [-0.4, -0.2) is 89.1 Å². The topological polar surface area (TPSA) is 182 Å². The van der Waals surface area contributed by atoms with Gasteiger partial charge in [0.15, 0.2) is 5.75 Å². The maximum Gasteiger partial charge on any atom is 0.573 e. The van der Waals surface area contributed by atoms with Crippen LogP contribution in [0, 0.1) is 12.8 Å². The van der Waals surface area contributed by atoms with E-state index in [9.17, 15) is 40.8 Å². The summed E-state index contributed by atoms with van der Waals surface area (Å²) in [5.74, 6) is -8.34. The molecule has 20 heteroatoms. The minimum absolute atomic E-state index is 0.0240. The molecule has 3 saturated carbocycles. The number of rotatable bonds is 6. The normalized spacial score (nSPS) is 30.4. The van der Waals surface area contributed by atoms with Gasteiger partial charge in [0.25, 0.3) is 11.8 Å². The van der Waals surface area contributed by atoms with Crippen LogP contribution in [0.4, 0.5) is 26.7 Å². The van der Waals surface area contributed by atoms with Crippen molar-refractivity contribution in [1.82, 2.24) is 25.2 Å². The number of carbonyl (C=O) groups is 4. The minimum Gasteiger partial charge on any atom is -0.483 e. The van der Waals surface area contributed by atoms with Gasteiger partial charge in [0.05, 0.1) is 34.5 Å². The monoisotopic (exact) mass is 881 g/mol. The summed E-state index contributed by atoms with van der Waals surface area (Å²) < 4.78 is 117. The van der Waals surface area contributed by atoms with E-state index in [0.717, 1.165) is 35.9 Å². The molecule has 8 rings (SSSR count). The zero-order chi connectivity index (χ0) is 43.8. The Morgan fingerprint density at radius 1 is 1.03 bits per heavy atom. The second-order valence-corrected chi connectivity index (χ2v) is 19.9. The van der Waals surface area contributed by atoms with E-state index in [2.05, 4.69) is 25.1 Å². The van der Waals surface area contributed by atoms with Gasteiger partial charge in [-0.1, -0.05) is 25.0 Å². The first-order valence-electron chi connectivity index (χ1n) is 20.7. The van der Waals surface area contributed by atoms with E-state index >= 15 is 8.78 Å². The van der Waals surface area contributed by atoms with Crippen molar-refractivity contribution in [3.05, 3.63) is 41.6 Å². The first kappa shape index (κ1) is 42.9. The van der Waals surface area contributed by atoms with E-state index in [4.69, 9.17) is 9.47 Å². The average molecular weight is 882 g/mol. The molecule has 0 bridgehead atoms. The third-order valence-electron chi connectivity index (χ3n) is 13.0. The summed E-state index contributed by atoms with van der Waals surface area (Å²) in [6.07, 6.45) is 1.78. The number of aryl methyl sites for hydroxylation is 1. The van der Waals surface area contributed by atoms with Gasteiger partial charge >= 0.3 is 12.5 Å². The second kappa shape index (κ2) is 15.3. The molecule has 1 saturated heterocycles. The molecule has 1 spiro atoms. The number of pyridine rings is 1. The van der Waals surface area contributed by atoms with Gasteiger partial charge in [0.1, 0.15) is 35.1 Å². The van der Waals surface area contributed by atoms with Crippen molar-refractivity contribution in [2.24, 2.45) is 5.92 Å². The number of benzene rings is 1. The lowest BCUT2D eigenvalue weighted by molar-refractivity contribution is -0.274. The lowest BCUT2D eigenvalue weighted by Crippen LogP contribution is -2.58. The smallest absolute Gasteiger partial charge is 0.483 e. The number of nitrogens with zero attached hydrogens (tertiary/aromatic N) is 2. The van der Waals surface area contributed by atoms with Crippen LogP contribution < -0.4 is 24.8 Å². The SMILES string of the molecule is Cc1nc2ccc(OC(F)(F)F)cc2c2c1O[C@@]1(C[C@H]3C(=O)N[C@]4(C(=O)NS(=O)(=O)C5(C)CC5)C[C@H]4/C=C\CCCCC[C@H](NC(=O)OC4CCCC4)C(=O)N3C1)CC2(F)F. The second-order valence-electron chi connectivity index (χ2n) is 17.7. The predicted molar refractivity (Wildman–Crippen MR) is 207 cm³/mol. The summed E-state index contributed by atoms with van der Waals surface area (Å²) in [4.78, 5) is 62.0. The number of alkyl carbamates (subject to hydrolysis) is 1. The summed E-state index contributed by atoms with van der Waals surface area (Å²) in [7, 11) is -4.14. The standard InChI is InChI=1S/C41H48F5N5O9S/c1-23-32-31(27-18-26(59-41(44,45)46)14-15-28(27)47-23)40(42,43)21-38(60-32)20-30-33(52)49-39(35(54)50-61(56,57)37(2)16-17-37)19-24(39)10-6-4-3-5-7-13-29(34(53)51(30)22-38)48-36(55)58-25-11-8-9-12-25/h6,10,14-15,18,24-25,29-30H,3-5,7-9,11-13,16-17,19-22H2,1-2H3,(H,48,55)(H,49,52)(H,50,54)/b10-6-/t24-,29+,30+,38+,39-/m1/s1. The predicted octanol–water partition coefficient (Wildman–Crippen LogP) is 6.09. The van der Waals surface area contributed by atoms with Crippen molar-refractivity contribution in [2.45, 2.75) is 150 Å².